The molecule has 5 heteroatoms. The highest BCUT2D eigenvalue weighted by molar-refractivity contribution is 5.98. The van der Waals surface area contributed by atoms with Gasteiger partial charge < -0.3 is 14.5 Å². The number of anilines is 1. The molecule has 2 aromatic carbocycles. The molecule has 0 saturated carbocycles. The van der Waals surface area contributed by atoms with Crippen LogP contribution in [0.1, 0.15) is 42.1 Å². The Kier molecular flexibility index (Phi) is 7.28. The molecule has 1 aliphatic rings. The zero-order valence-corrected chi connectivity index (χ0v) is 17.4. The number of carbonyl (C=O) groups is 2. The molecule has 29 heavy (non-hydrogen) atoms. The van der Waals surface area contributed by atoms with Crippen molar-refractivity contribution in [2.45, 2.75) is 32.6 Å². The largest absolute Gasteiger partial charge is 0.497 e. The molecule has 0 radical (unpaired) electrons. The molecule has 5 nitrogen and oxygen atoms in total. The van der Waals surface area contributed by atoms with Gasteiger partial charge in [-0.3, -0.25) is 9.59 Å². The number of benzene rings is 2. The average molecular weight is 395 g/mol. The minimum atomic E-state index is 0.0383. The minimum Gasteiger partial charge on any atom is -0.497 e. The van der Waals surface area contributed by atoms with Crippen LogP contribution in [0.5, 0.6) is 5.75 Å². The fourth-order valence-corrected chi connectivity index (χ4v) is 3.69. The molecule has 0 spiro atoms. The zero-order valence-electron chi connectivity index (χ0n) is 17.4. The van der Waals surface area contributed by atoms with Gasteiger partial charge in [0.25, 0.3) is 0 Å². The molecule has 0 aromatic heterocycles. The van der Waals surface area contributed by atoms with Crippen LogP contribution in [0.3, 0.4) is 0 Å². The first kappa shape index (κ1) is 20.9. The van der Waals surface area contributed by atoms with Crippen molar-refractivity contribution in [2.24, 2.45) is 0 Å². The standard InChI is InChI=1S/C24H30N2O3/c1-3-5-19-8-10-20(11-9-19)23(27)12-13-24(28)26-16-14-25(15-17-26)21-6-4-7-22(18-21)29-2/h4,6-11,18H,3,5,12-17H2,1-2H3. The van der Waals surface area contributed by atoms with Crippen molar-refractivity contribution in [3.63, 3.8) is 0 Å². The number of ketones is 1. The van der Waals surface area contributed by atoms with E-state index in [1.54, 1.807) is 7.11 Å². The second kappa shape index (κ2) is 10.1. The van der Waals surface area contributed by atoms with Gasteiger partial charge in [0.15, 0.2) is 5.78 Å². The highest BCUT2D eigenvalue weighted by Gasteiger charge is 2.22. The number of aryl methyl sites for hydroxylation is 1. The summed E-state index contributed by atoms with van der Waals surface area (Å²) in [6.07, 6.45) is 2.65. The number of amides is 1. The van der Waals surface area contributed by atoms with Crippen LogP contribution in [0.15, 0.2) is 48.5 Å². The lowest BCUT2D eigenvalue weighted by molar-refractivity contribution is -0.131. The van der Waals surface area contributed by atoms with Crippen LogP contribution in [0.2, 0.25) is 0 Å². The molecule has 0 N–H and O–H groups in total. The van der Waals surface area contributed by atoms with Crippen LogP contribution in [0, 0.1) is 0 Å². The summed E-state index contributed by atoms with van der Waals surface area (Å²) in [6, 6.07) is 15.8. The fourth-order valence-electron chi connectivity index (χ4n) is 3.69. The van der Waals surface area contributed by atoms with Crippen molar-refractivity contribution in [2.75, 3.05) is 38.2 Å². The van der Waals surface area contributed by atoms with Gasteiger partial charge in [0.1, 0.15) is 5.75 Å². The van der Waals surface area contributed by atoms with E-state index >= 15 is 0 Å². The van der Waals surface area contributed by atoms with Gasteiger partial charge >= 0.3 is 0 Å². The van der Waals surface area contributed by atoms with Gasteiger partial charge in [-0.05, 0) is 24.1 Å². The third kappa shape index (κ3) is 5.59. The van der Waals surface area contributed by atoms with Crippen LogP contribution in [-0.2, 0) is 11.2 Å². The zero-order chi connectivity index (χ0) is 20.6. The van der Waals surface area contributed by atoms with Crippen LogP contribution >= 0.6 is 0 Å². The van der Waals surface area contributed by atoms with E-state index in [9.17, 15) is 9.59 Å². The van der Waals surface area contributed by atoms with Gasteiger partial charge in [0, 0.05) is 56.3 Å². The molecule has 0 bridgehead atoms. The van der Waals surface area contributed by atoms with Crippen molar-refractivity contribution < 1.29 is 14.3 Å². The van der Waals surface area contributed by atoms with Gasteiger partial charge in [0.2, 0.25) is 5.91 Å². The predicted molar refractivity (Wildman–Crippen MR) is 116 cm³/mol. The van der Waals surface area contributed by atoms with E-state index < -0.39 is 0 Å². The van der Waals surface area contributed by atoms with Crippen LogP contribution in [0.25, 0.3) is 0 Å². The molecule has 1 heterocycles. The number of methoxy groups -OCH3 is 1. The second-order valence-corrected chi connectivity index (χ2v) is 7.44. The lowest BCUT2D eigenvalue weighted by Gasteiger charge is -2.36. The number of carbonyl (C=O) groups excluding carboxylic acids is 2. The molecule has 3 rings (SSSR count). The summed E-state index contributed by atoms with van der Waals surface area (Å²) < 4.78 is 5.29. The van der Waals surface area contributed by atoms with Crippen LogP contribution < -0.4 is 9.64 Å². The lowest BCUT2D eigenvalue weighted by Crippen LogP contribution is -2.48. The summed E-state index contributed by atoms with van der Waals surface area (Å²) in [5.74, 6) is 0.935. The summed E-state index contributed by atoms with van der Waals surface area (Å²) in [4.78, 5) is 29.1. The SMILES string of the molecule is CCCc1ccc(C(=O)CCC(=O)N2CCN(c3cccc(OC)c3)CC2)cc1. The maximum atomic E-state index is 12.6. The second-order valence-electron chi connectivity index (χ2n) is 7.44. The highest BCUT2D eigenvalue weighted by atomic mass is 16.5. The molecule has 1 saturated heterocycles. The summed E-state index contributed by atoms with van der Waals surface area (Å²) in [6.45, 7) is 5.06. The number of hydrogen-bond donors (Lipinski definition) is 0. The maximum absolute atomic E-state index is 12.6. The Labute approximate surface area is 173 Å². The number of hydrogen-bond acceptors (Lipinski definition) is 4. The number of nitrogens with zero attached hydrogens (tertiary/aromatic N) is 2. The highest BCUT2D eigenvalue weighted by Crippen LogP contribution is 2.22. The molecular formula is C24H30N2O3. The van der Waals surface area contributed by atoms with Crippen LogP contribution in [0.4, 0.5) is 5.69 Å². The quantitative estimate of drug-likeness (QED) is 0.636. The molecule has 2 aromatic rings. The van der Waals surface area contributed by atoms with Gasteiger partial charge in [-0.15, -0.1) is 0 Å². The first-order chi connectivity index (χ1) is 14.1. The molecular weight excluding hydrogens is 364 g/mol. The molecule has 1 amide bonds. The van der Waals surface area contributed by atoms with E-state index in [1.807, 2.05) is 47.4 Å². The van der Waals surface area contributed by atoms with E-state index in [4.69, 9.17) is 4.74 Å². The Morgan fingerprint density at radius 2 is 1.69 bits per heavy atom. The molecule has 154 valence electrons. The Bertz CT molecular complexity index is 824. The third-order valence-corrected chi connectivity index (χ3v) is 5.43. The van der Waals surface area contributed by atoms with Crippen molar-refractivity contribution in [3.05, 3.63) is 59.7 Å². The van der Waals surface area contributed by atoms with Crippen molar-refractivity contribution in [3.8, 4) is 5.75 Å². The normalized spacial score (nSPS) is 14.0. The Hall–Kier alpha value is -2.82. The Balaban J connectivity index is 1.46. The van der Waals surface area contributed by atoms with E-state index in [0.717, 1.165) is 37.4 Å². The summed E-state index contributed by atoms with van der Waals surface area (Å²) >= 11 is 0. The van der Waals surface area contributed by atoms with Crippen molar-refractivity contribution >= 4 is 17.4 Å². The monoisotopic (exact) mass is 394 g/mol. The van der Waals surface area contributed by atoms with Crippen LogP contribution in [-0.4, -0.2) is 49.9 Å². The number of rotatable bonds is 8. The lowest BCUT2D eigenvalue weighted by atomic mass is 10.0. The van der Waals surface area contributed by atoms with Gasteiger partial charge in [0.05, 0.1) is 7.11 Å². The van der Waals surface area contributed by atoms with Gasteiger partial charge in [-0.1, -0.05) is 43.7 Å². The Morgan fingerprint density at radius 3 is 2.34 bits per heavy atom. The Morgan fingerprint density at radius 1 is 0.966 bits per heavy atom. The summed E-state index contributed by atoms with van der Waals surface area (Å²) in [5, 5.41) is 0. The number of Topliss-reactive ketones (excluding diaryl/α,β-unsaturated/α-hetero) is 1. The van der Waals surface area contributed by atoms with E-state index in [0.29, 0.717) is 18.7 Å². The minimum absolute atomic E-state index is 0.0383. The first-order valence-electron chi connectivity index (χ1n) is 10.4. The van der Waals surface area contributed by atoms with E-state index in [1.165, 1.54) is 5.56 Å². The summed E-state index contributed by atoms with van der Waals surface area (Å²) in [5.41, 5.74) is 3.05. The van der Waals surface area contributed by atoms with Gasteiger partial charge in [-0.2, -0.15) is 0 Å². The smallest absolute Gasteiger partial charge is 0.223 e. The number of ether oxygens (including phenoxy) is 1. The molecule has 1 aliphatic heterocycles. The molecule has 0 unspecified atom stereocenters. The molecule has 1 fully saturated rings. The first-order valence-corrected chi connectivity index (χ1v) is 10.4. The predicted octanol–water partition coefficient (Wildman–Crippen LogP) is 3.96. The van der Waals surface area contributed by atoms with E-state index in [2.05, 4.69) is 17.9 Å². The maximum Gasteiger partial charge on any atom is 0.223 e. The topological polar surface area (TPSA) is 49.9 Å². The van der Waals surface area contributed by atoms with E-state index in [-0.39, 0.29) is 24.5 Å². The summed E-state index contributed by atoms with van der Waals surface area (Å²) in [7, 11) is 1.66. The average Bonchev–Trinajstić information content (AvgIpc) is 2.78. The third-order valence-electron chi connectivity index (χ3n) is 5.43. The molecule has 0 atom stereocenters. The van der Waals surface area contributed by atoms with Crippen molar-refractivity contribution in [1.29, 1.82) is 0 Å². The van der Waals surface area contributed by atoms with Gasteiger partial charge in [-0.25, -0.2) is 0 Å². The molecule has 0 aliphatic carbocycles. The number of piperazine rings is 1. The van der Waals surface area contributed by atoms with Crippen molar-refractivity contribution in [1.82, 2.24) is 4.90 Å². The fraction of sp³-hybridized carbons (Fsp3) is 0.417.